The van der Waals surface area contributed by atoms with Crippen LogP contribution in [0.5, 0.6) is 0 Å². The molecule has 0 radical (unpaired) electrons. The Morgan fingerprint density at radius 3 is 2.61 bits per heavy atom. The van der Waals surface area contributed by atoms with Crippen LogP contribution >= 0.6 is 11.3 Å². The quantitative estimate of drug-likeness (QED) is 0.440. The number of aromatic nitrogens is 4. The third-order valence-electron chi connectivity index (χ3n) is 5.67. The molecule has 1 amide bonds. The van der Waals surface area contributed by atoms with E-state index in [9.17, 15) is 9.59 Å². The molecule has 1 saturated heterocycles. The van der Waals surface area contributed by atoms with Gasteiger partial charge in [0.05, 0.1) is 11.7 Å². The van der Waals surface area contributed by atoms with Crippen LogP contribution in [0.1, 0.15) is 33.9 Å². The van der Waals surface area contributed by atoms with Crippen LogP contribution in [-0.2, 0) is 4.79 Å². The number of fused-ring (bicyclic) bond motifs is 1. The minimum atomic E-state index is -0.191. The number of amides is 1. The topological polar surface area (TPSA) is 110 Å². The van der Waals surface area contributed by atoms with Crippen molar-refractivity contribution in [1.29, 1.82) is 0 Å². The zero-order valence-corrected chi connectivity index (χ0v) is 18.9. The zero-order valence-electron chi connectivity index (χ0n) is 18.0. The van der Waals surface area contributed by atoms with Gasteiger partial charge in [-0.05, 0) is 45.0 Å². The number of aryl methyl sites for hydroxylation is 1. The maximum Gasteiger partial charge on any atom is 0.228 e. The highest BCUT2D eigenvalue weighted by Gasteiger charge is 2.23. The van der Waals surface area contributed by atoms with Crippen molar-refractivity contribution in [2.45, 2.75) is 19.8 Å². The summed E-state index contributed by atoms with van der Waals surface area (Å²) < 4.78 is 0. The molecule has 4 aromatic rings. The predicted molar refractivity (Wildman–Crippen MR) is 127 cm³/mol. The maximum absolute atomic E-state index is 13.3. The number of piperidine rings is 1. The molecule has 8 nitrogen and oxygen atoms in total. The number of nitrogens with zero attached hydrogens (tertiary/aromatic N) is 4. The fourth-order valence-electron chi connectivity index (χ4n) is 3.93. The Morgan fingerprint density at radius 2 is 1.88 bits per heavy atom. The van der Waals surface area contributed by atoms with E-state index in [1.165, 1.54) is 11.3 Å². The lowest BCUT2D eigenvalue weighted by Gasteiger charge is -2.21. The van der Waals surface area contributed by atoms with Crippen molar-refractivity contribution in [1.82, 2.24) is 25.5 Å². The van der Waals surface area contributed by atoms with Crippen LogP contribution in [0.4, 0.5) is 5.82 Å². The van der Waals surface area contributed by atoms with E-state index in [0.717, 1.165) is 36.3 Å². The summed E-state index contributed by atoms with van der Waals surface area (Å²) in [4.78, 5) is 35.0. The van der Waals surface area contributed by atoms with Gasteiger partial charge in [0.15, 0.2) is 0 Å². The molecule has 0 atom stereocenters. The Balaban J connectivity index is 1.54. The van der Waals surface area contributed by atoms with Gasteiger partial charge in [-0.25, -0.2) is 9.97 Å². The fraction of sp³-hybridized carbons (Fsp3) is 0.250. The second kappa shape index (κ2) is 9.13. The molecule has 2 N–H and O–H groups in total. The van der Waals surface area contributed by atoms with Crippen LogP contribution in [0.3, 0.4) is 0 Å². The Bertz CT molecular complexity index is 1330. The lowest BCUT2D eigenvalue weighted by molar-refractivity contribution is -0.120. The molecular weight excluding hydrogens is 436 g/mol. The summed E-state index contributed by atoms with van der Waals surface area (Å²) in [6.45, 7) is 3.55. The van der Waals surface area contributed by atoms with E-state index in [2.05, 4.69) is 30.8 Å². The first-order valence-corrected chi connectivity index (χ1v) is 11.6. The zero-order chi connectivity index (χ0) is 22.8. The van der Waals surface area contributed by atoms with Crippen LogP contribution in [0.15, 0.2) is 48.7 Å². The smallest absolute Gasteiger partial charge is 0.228 e. The summed E-state index contributed by atoms with van der Waals surface area (Å²) in [6.07, 6.45) is 3.21. The van der Waals surface area contributed by atoms with E-state index < -0.39 is 0 Å². The molecule has 4 heterocycles. The number of anilines is 1. The molecule has 5 rings (SSSR count). The minimum Gasteiger partial charge on any atom is -0.317 e. The molecule has 1 aromatic carbocycles. The Kier molecular flexibility index (Phi) is 5.89. The van der Waals surface area contributed by atoms with Gasteiger partial charge in [-0.15, -0.1) is 10.2 Å². The van der Waals surface area contributed by atoms with E-state index in [1.807, 2.05) is 31.2 Å². The van der Waals surface area contributed by atoms with Crippen molar-refractivity contribution in [3.63, 3.8) is 0 Å². The summed E-state index contributed by atoms with van der Waals surface area (Å²) in [5, 5.41) is 16.7. The van der Waals surface area contributed by atoms with Gasteiger partial charge in [0, 0.05) is 22.4 Å². The molecule has 0 unspecified atom stereocenters. The lowest BCUT2D eigenvalue weighted by atomic mass is 9.97. The van der Waals surface area contributed by atoms with Crippen molar-refractivity contribution in [3.05, 3.63) is 64.9 Å². The van der Waals surface area contributed by atoms with Crippen molar-refractivity contribution in [3.8, 4) is 10.6 Å². The Labute approximate surface area is 194 Å². The molecule has 0 spiro atoms. The van der Waals surface area contributed by atoms with Crippen LogP contribution in [0.25, 0.3) is 21.5 Å². The molecule has 0 aliphatic carbocycles. The molecule has 166 valence electrons. The van der Waals surface area contributed by atoms with Crippen LogP contribution < -0.4 is 10.6 Å². The number of ketones is 1. The molecular formula is C24H22N6O2S. The van der Waals surface area contributed by atoms with Crippen molar-refractivity contribution in [2.24, 2.45) is 5.92 Å². The second-order valence-electron chi connectivity index (χ2n) is 7.98. The number of benzene rings is 1. The SMILES string of the molecule is Cc1nnc(-c2cc3cc(NC(=O)C4CCNCC4)ncc3nc2C(=O)c2ccccc2)s1. The standard InChI is InChI=1S/C24H22N6O2S/c1-14-29-30-24(33-14)18-11-17-12-20(28-23(32)16-7-9-25-10-8-16)26-13-19(17)27-21(18)22(31)15-5-3-2-4-6-15/h2-6,11-13,16,25H,7-10H2,1H3,(H,26,28,32). The lowest BCUT2D eigenvalue weighted by Crippen LogP contribution is -2.34. The normalized spacial score (nSPS) is 14.3. The average molecular weight is 459 g/mol. The molecule has 3 aromatic heterocycles. The van der Waals surface area contributed by atoms with Crippen LogP contribution in [0.2, 0.25) is 0 Å². The number of carbonyl (C=O) groups excluding carboxylic acids is 2. The predicted octanol–water partition coefficient (Wildman–Crippen LogP) is 3.63. The molecule has 9 heteroatoms. The minimum absolute atomic E-state index is 0.0207. The van der Waals surface area contributed by atoms with Crippen LogP contribution in [-0.4, -0.2) is 44.9 Å². The summed E-state index contributed by atoms with van der Waals surface area (Å²) >= 11 is 1.40. The van der Waals surface area contributed by atoms with Gasteiger partial charge in [-0.3, -0.25) is 9.59 Å². The first kappa shape index (κ1) is 21.3. The highest BCUT2D eigenvalue weighted by molar-refractivity contribution is 7.14. The third kappa shape index (κ3) is 4.50. The molecule has 1 aliphatic heterocycles. The summed E-state index contributed by atoms with van der Waals surface area (Å²) in [7, 11) is 0. The fourth-order valence-corrected chi connectivity index (χ4v) is 4.63. The van der Waals surface area contributed by atoms with Gasteiger partial charge in [0.1, 0.15) is 21.5 Å². The van der Waals surface area contributed by atoms with Crippen LogP contribution in [0, 0.1) is 12.8 Å². The number of hydrogen-bond donors (Lipinski definition) is 2. The van der Waals surface area contributed by atoms with Crippen molar-refractivity contribution in [2.75, 3.05) is 18.4 Å². The Morgan fingerprint density at radius 1 is 1.09 bits per heavy atom. The molecule has 33 heavy (non-hydrogen) atoms. The third-order valence-corrected chi connectivity index (χ3v) is 6.54. The number of rotatable bonds is 5. The highest BCUT2D eigenvalue weighted by Crippen LogP contribution is 2.31. The van der Waals surface area contributed by atoms with Crippen molar-refractivity contribution < 1.29 is 9.59 Å². The summed E-state index contributed by atoms with van der Waals surface area (Å²) in [5.74, 6) is 0.234. The Hall–Kier alpha value is -3.56. The summed E-state index contributed by atoms with van der Waals surface area (Å²) in [6, 6.07) is 12.7. The molecule has 0 saturated carbocycles. The molecule has 1 fully saturated rings. The number of carbonyl (C=O) groups is 2. The average Bonchev–Trinajstić information content (AvgIpc) is 3.30. The van der Waals surface area contributed by atoms with E-state index in [4.69, 9.17) is 0 Å². The first-order valence-electron chi connectivity index (χ1n) is 10.8. The molecule has 1 aliphatic rings. The van der Waals surface area contributed by atoms with Gasteiger partial charge in [0.2, 0.25) is 11.7 Å². The van der Waals surface area contributed by atoms with Crippen molar-refractivity contribution >= 4 is 39.7 Å². The van der Waals surface area contributed by atoms with Gasteiger partial charge in [-0.1, -0.05) is 41.7 Å². The van der Waals surface area contributed by atoms with E-state index in [-0.39, 0.29) is 17.6 Å². The first-order chi connectivity index (χ1) is 16.1. The van der Waals surface area contributed by atoms with E-state index in [0.29, 0.717) is 33.2 Å². The number of pyridine rings is 2. The highest BCUT2D eigenvalue weighted by atomic mass is 32.1. The van der Waals surface area contributed by atoms with Gasteiger partial charge < -0.3 is 10.6 Å². The molecule has 0 bridgehead atoms. The van der Waals surface area contributed by atoms with Gasteiger partial charge in [0.25, 0.3) is 0 Å². The second-order valence-corrected chi connectivity index (χ2v) is 9.16. The number of nitrogens with one attached hydrogen (secondary N) is 2. The largest absolute Gasteiger partial charge is 0.317 e. The van der Waals surface area contributed by atoms with E-state index >= 15 is 0 Å². The van der Waals surface area contributed by atoms with Gasteiger partial charge >= 0.3 is 0 Å². The monoisotopic (exact) mass is 458 g/mol. The number of hydrogen-bond acceptors (Lipinski definition) is 8. The van der Waals surface area contributed by atoms with Gasteiger partial charge in [-0.2, -0.15) is 0 Å². The maximum atomic E-state index is 13.3. The summed E-state index contributed by atoms with van der Waals surface area (Å²) in [5.41, 5.74) is 2.03. The van der Waals surface area contributed by atoms with E-state index in [1.54, 1.807) is 24.4 Å².